The van der Waals surface area contributed by atoms with Crippen molar-refractivity contribution in [3.8, 4) is 0 Å². The van der Waals surface area contributed by atoms with E-state index in [1.165, 1.54) is 77.0 Å². The second kappa shape index (κ2) is 29.7. The molecular weight excluding hydrogens is 993 g/mol. The molecule has 0 saturated carbocycles. The van der Waals surface area contributed by atoms with Crippen molar-refractivity contribution in [3.63, 3.8) is 0 Å². The Kier molecular flexibility index (Phi) is 30.2. The SMILES string of the molecule is C[Si](C)(CCCCCCCCCCCOO)O[Si](C)(C)O[Si](C)(C)O[Si](C)(C)O[Si](C)(C)O[Si](C)(C)O[Si](C)(C)O[Si](C)(C)O[Si](C)(C)O[Si](C)(C)CCCCCCCCCCC(=O)O. The molecule has 0 bridgehead atoms. The molecule has 13 nitrogen and oxygen atoms in total. The minimum atomic E-state index is -2.73. The highest BCUT2D eigenvalue weighted by Crippen LogP contribution is 2.32. The summed E-state index contributed by atoms with van der Waals surface area (Å²) in [5.74, 6) is -0.694. The summed E-state index contributed by atoms with van der Waals surface area (Å²) in [5.41, 5.74) is 0. The molecule has 0 aromatic carbocycles. The van der Waals surface area contributed by atoms with Gasteiger partial charge >= 0.3 is 74.5 Å². The maximum absolute atomic E-state index is 10.7. The van der Waals surface area contributed by atoms with Crippen molar-refractivity contribution in [2.75, 3.05) is 6.61 Å². The maximum Gasteiger partial charge on any atom is 0.314 e. The lowest BCUT2D eigenvalue weighted by atomic mass is 10.1. The van der Waals surface area contributed by atoms with Crippen molar-refractivity contribution in [2.45, 2.75) is 259 Å². The highest BCUT2D eigenvalue weighted by Gasteiger charge is 2.50. The average molecular weight is 1100 g/mol. The lowest BCUT2D eigenvalue weighted by Gasteiger charge is -2.44. The van der Waals surface area contributed by atoms with Crippen LogP contribution >= 0.6 is 0 Å². The van der Waals surface area contributed by atoms with E-state index in [1.807, 2.05) is 0 Å². The lowest BCUT2D eigenvalue weighted by Crippen LogP contribution is -2.62. The van der Waals surface area contributed by atoms with Gasteiger partial charge in [-0.15, -0.1) is 0 Å². The van der Waals surface area contributed by atoms with E-state index < -0.39 is 91.1 Å². The van der Waals surface area contributed by atoms with E-state index in [4.69, 9.17) is 47.4 Å². The van der Waals surface area contributed by atoms with E-state index in [1.54, 1.807) is 0 Å². The zero-order chi connectivity index (χ0) is 50.5. The van der Waals surface area contributed by atoms with Crippen molar-refractivity contribution in [1.29, 1.82) is 0 Å². The predicted octanol–water partition coefficient (Wildman–Crippen LogP) is 14.8. The van der Waals surface area contributed by atoms with E-state index in [-0.39, 0.29) is 6.42 Å². The Morgan fingerprint density at radius 2 is 0.508 bits per heavy atom. The first-order chi connectivity index (χ1) is 29.3. The molecule has 0 aliphatic rings. The highest BCUT2D eigenvalue weighted by molar-refractivity contribution is 6.93. The Hall–Kier alpha value is 1.20. The van der Waals surface area contributed by atoms with Crippen molar-refractivity contribution in [2.24, 2.45) is 0 Å². The van der Waals surface area contributed by atoms with Crippen molar-refractivity contribution >= 4 is 91.1 Å². The third-order valence-corrected chi connectivity index (χ3v) is 49.4. The van der Waals surface area contributed by atoms with Crippen molar-refractivity contribution in [3.05, 3.63) is 0 Å². The van der Waals surface area contributed by atoms with Crippen molar-refractivity contribution < 1.29 is 57.1 Å². The van der Waals surface area contributed by atoms with Gasteiger partial charge in [0.2, 0.25) is 0 Å². The van der Waals surface area contributed by atoms with E-state index in [9.17, 15) is 4.79 Å². The largest absolute Gasteiger partial charge is 0.481 e. The Morgan fingerprint density at radius 1 is 0.308 bits per heavy atom. The first-order valence-electron chi connectivity index (χ1n) is 25.1. The summed E-state index contributed by atoms with van der Waals surface area (Å²) < 4.78 is 61.9. The Bertz CT molecular complexity index is 1320. The molecule has 0 radical (unpaired) electrons. The molecule has 0 atom stereocenters. The molecule has 0 heterocycles. The van der Waals surface area contributed by atoms with Gasteiger partial charge in [0.1, 0.15) is 0 Å². The van der Waals surface area contributed by atoms with E-state index in [2.05, 4.69) is 136 Å². The second-order valence-electron chi connectivity index (χ2n) is 23.1. The fraction of sp³-hybridized carbons (Fsp3) is 0.976. The first-order valence-corrected chi connectivity index (χ1v) is 53.9. The summed E-state index contributed by atoms with van der Waals surface area (Å²) >= 11 is 0. The van der Waals surface area contributed by atoms with Crippen LogP contribution in [0.15, 0.2) is 0 Å². The fourth-order valence-electron chi connectivity index (χ4n) is 9.59. The van der Waals surface area contributed by atoms with E-state index in [0.29, 0.717) is 6.61 Å². The van der Waals surface area contributed by atoms with Crippen LogP contribution in [-0.2, 0) is 46.7 Å². The van der Waals surface area contributed by atoms with Crippen LogP contribution in [0.25, 0.3) is 0 Å². The number of hydrogen-bond acceptors (Lipinski definition) is 12. The molecule has 2 N–H and O–H groups in total. The highest BCUT2D eigenvalue weighted by atomic mass is 28.5. The molecule has 23 heteroatoms. The van der Waals surface area contributed by atoms with Crippen LogP contribution in [0.4, 0.5) is 0 Å². The molecule has 0 aliphatic heterocycles. The summed E-state index contributed by atoms with van der Waals surface area (Å²) in [4.78, 5) is 14.9. The number of aliphatic carboxylic acids is 1. The molecule has 0 unspecified atom stereocenters. The zero-order valence-corrected chi connectivity index (χ0v) is 55.7. The van der Waals surface area contributed by atoms with Gasteiger partial charge in [0.25, 0.3) is 0 Å². The molecule has 0 spiro atoms. The van der Waals surface area contributed by atoms with Gasteiger partial charge in [-0.05, 0) is 156 Å². The second-order valence-corrected chi connectivity index (χ2v) is 60.9. The van der Waals surface area contributed by atoms with Crippen LogP contribution < -0.4 is 0 Å². The van der Waals surface area contributed by atoms with Crippen LogP contribution in [0.3, 0.4) is 0 Å². The van der Waals surface area contributed by atoms with E-state index >= 15 is 0 Å². The Balaban J connectivity index is 5.07. The Morgan fingerprint density at radius 3 is 0.738 bits per heavy atom. The minimum Gasteiger partial charge on any atom is -0.481 e. The van der Waals surface area contributed by atoms with Gasteiger partial charge in [-0.2, -0.15) is 0 Å². The molecule has 0 aromatic heterocycles. The van der Waals surface area contributed by atoms with Crippen LogP contribution in [0.2, 0.25) is 143 Å². The van der Waals surface area contributed by atoms with Gasteiger partial charge in [-0.25, -0.2) is 4.89 Å². The molecule has 0 aromatic rings. The summed E-state index contributed by atoms with van der Waals surface area (Å²) in [5, 5.41) is 17.3. The molecule has 65 heavy (non-hydrogen) atoms. The maximum atomic E-state index is 10.7. The summed E-state index contributed by atoms with van der Waals surface area (Å²) in [6.07, 6.45) is 20.0. The minimum absolute atomic E-state index is 0.285. The van der Waals surface area contributed by atoms with Gasteiger partial charge in [0.05, 0.1) is 6.61 Å². The number of carboxylic acid groups (broad SMARTS) is 1. The number of rotatable bonds is 41. The van der Waals surface area contributed by atoms with Crippen LogP contribution in [0.5, 0.6) is 0 Å². The molecule has 0 saturated heterocycles. The van der Waals surface area contributed by atoms with Gasteiger partial charge in [0.15, 0.2) is 16.6 Å². The molecule has 0 aliphatic carbocycles. The van der Waals surface area contributed by atoms with Gasteiger partial charge in [-0.1, -0.05) is 96.3 Å². The van der Waals surface area contributed by atoms with Gasteiger partial charge in [-0.3, -0.25) is 10.1 Å². The summed E-state index contributed by atoms with van der Waals surface area (Å²) in [7, 11) is -25.0. The van der Waals surface area contributed by atoms with Crippen LogP contribution in [-0.4, -0.2) is 108 Å². The standard InChI is InChI=1S/C42H104O13Si10/c1-56(2,40-36-32-28-24-21-23-27-31-35-39-46-45)47-58(5,6)49-60(9,10)51-62(13,14)53-64(17,18)55-65(19,20)54-63(15,16)52-61(11,12)50-59(7,8)48-57(3,4)41-37-33-29-25-22-26-30-34-38-42(43)44/h45H,21-41H2,1-20H3,(H,43,44). The number of hydrogen-bond donors (Lipinski definition) is 2. The number of unbranched alkanes of at least 4 members (excludes halogenated alkanes) is 15. The number of carboxylic acids is 1. The molecule has 0 amide bonds. The molecular formula is C42H104O13Si10. The quantitative estimate of drug-likeness (QED) is 0.0259. The lowest BCUT2D eigenvalue weighted by molar-refractivity contribution is -0.242. The smallest absolute Gasteiger partial charge is 0.314 e. The molecule has 0 rings (SSSR count). The van der Waals surface area contributed by atoms with Crippen LogP contribution in [0, 0.1) is 0 Å². The predicted molar refractivity (Wildman–Crippen MR) is 294 cm³/mol. The fourth-order valence-corrected chi connectivity index (χ4v) is 60.7. The van der Waals surface area contributed by atoms with E-state index in [0.717, 1.165) is 44.2 Å². The number of carbonyl (C=O) groups is 1. The third kappa shape index (κ3) is 37.6. The molecule has 390 valence electrons. The third-order valence-electron chi connectivity index (χ3n) is 10.4. The Labute approximate surface area is 411 Å². The first kappa shape index (κ1) is 66.2. The van der Waals surface area contributed by atoms with Gasteiger partial charge in [0, 0.05) is 6.42 Å². The zero-order valence-electron chi connectivity index (χ0n) is 45.7. The van der Waals surface area contributed by atoms with Gasteiger partial charge < -0.3 is 42.1 Å². The average Bonchev–Trinajstić information content (AvgIpc) is 3.02. The monoisotopic (exact) mass is 1100 g/mol. The van der Waals surface area contributed by atoms with Crippen LogP contribution in [0.1, 0.15) is 116 Å². The van der Waals surface area contributed by atoms with Crippen molar-refractivity contribution in [1.82, 2.24) is 0 Å². The summed E-state index contributed by atoms with van der Waals surface area (Å²) in [6, 6.07) is 2.24. The topological polar surface area (TPSA) is 150 Å². The summed E-state index contributed by atoms with van der Waals surface area (Å²) in [6.45, 7) is 43.6. The molecule has 0 fully saturated rings. The normalized spacial score (nSPS) is 14.4.